The number of anilines is 2. The monoisotopic (exact) mass is 360 g/mol. The number of carbonyl (C=O) groups excluding carboxylic acids is 2. The van der Waals surface area contributed by atoms with Gasteiger partial charge >= 0.3 is 0 Å². The van der Waals surface area contributed by atoms with Gasteiger partial charge in [0.25, 0.3) is 5.91 Å². The number of rotatable bonds is 4. The second-order valence-electron chi connectivity index (χ2n) is 5.47. The van der Waals surface area contributed by atoms with E-state index in [4.69, 9.17) is 11.6 Å². The van der Waals surface area contributed by atoms with Crippen molar-refractivity contribution in [2.75, 3.05) is 23.0 Å². The summed E-state index contributed by atoms with van der Waals surface area (Å²) in [6.45, 7) is 0.675. The third kappa shape index (κ3) is 3.42. The summed E-state index contributed by atoms with van der Waals surface area (Å²) in [6, 6.07) is 12.7. The first-order valence-corrected chi connectivity index (χ1v) is 9.24. The van der Waals surface area contributed by atoms with E-state index in [-0.39, 0.29) is 11.8 Å². The number of nitrogens with one attached hydrogen (secondary N) is 1. The van der Waals surface area contributed by atoms with Crippen LogP contribution in [0, 0.1) is 0 Å². The third-order valence-electron chi connectivity index (χ3n) is 3.93. The molecule has 2 amide bonds. The minimum absolute atomic E-state index is 0.0825. The van der Waals surface area contributed by atoms with Gasteiger partial charge in [-0.1, -0.05) is 23.7 Å². The molecular weight excluding hydrogens is 344 g/mol. The standard InChI is InChI=1S/C18H17ClN2O2S/c1-24-12-8-9-14(19)13(11-12)18(23)20-15-5-2-3-6-16(15)21-10-4-7-17(21)22/h2-3,5-6,8-9,11H,4,7,10H2,1H3,(H,20,23). The zero-order chi connectivity index (χ0) is 17.1. The molecule has 124 valence electrons. The average Bonchev–Trinajstić information content (AvgIpc) is 3.01. The number of nitrogens with zero attached hydrogens (tertiary/aromatic N) is 1. The van der Waals surface area contributed by atoms with Gasteiger partial charge in [-0.2, -0.15) is 0 Å². The molecule has 1 saturated heterocycles. The maximum atomic E-state index is 12.6. The normalized spacial score (nSPS) is 14.1. The lowest BCUT2D eigenvalue weighted by atomic mass is 10.2. The molecule has 0 spiro atoms. The van der Waals surface area contributed by atoms with E-state index >= 15 is 0 Å². The van der Waals surface area contributed by atoms with Crippen molar-refractivity contribution in [3.05, 3.63) is 53.1 Å². The Balaban J connectivity index is 1.89. The van der Waals surface area contributed by atoms with E-state index < -0.39 is 0 Å². The summed E-state index contributed by atoms with van der Waals surface area (Å²) in [5.74, 6) is -0.200. The van der Waals surface area contributed by atoms with Gasteiger partial charge in [0.15, 0.2) is 0 Å². The number of hydrogen-bond donors (Lipinski definition) is 1. The van der Waals surface area contributed by atoms with Gasteiger partial charge in [0.2, 0.25) is 5.91 Å². The molecule has 0 saturated carbocycles. The lowest BCUT2D eigenvalue weighted by Gasteiger charge is -2.20. The summed E-state index contributed by atoms with van der Waals surface area (Å²) in [4.78, 5) is 27.3. The Morgan fingerprint density at radius 2 is 2.04 bits per heavy atom. The Morgan fingerprint density at radius 3 is 2.75 bits per heavy atom. The zero-order valence-corrected chi connectivity index (χ0v) is 14.8. The second kappa shape index (κ2) is 7.28. The van der Waals surface area contributed by atoms with Crippen LogP contribution in [0.5, 0.6) is 0 Å². The molecule has 1 N–H and O–H groups in total. The van der Waals surface area contributed by atoms with Crippen LogP contribution in [0.1, 0.15) is 23.2 Å². The Kier molecular flexibility index (Phi) is 5.11. The molecule has 1 fully saturated rings. The lowest BCUT2D eigenvalue weighted by molar-refractivity contribution is -0.117. The van der Waals surface area contributed by atoms with Gasteiger partial charge in [-0.25, -0.2) is 0 Å². The third-order valence-corrected chi connectivity index (χ3v) is 4.99. The van der Waals surface area contributed by atoms with E-state index in [1.807, 2.05) is 30.5 Å². The maximum absolute atomic E-state index is 12.6. The highest BCUT2D eigenvalue weighted by Gasteiger charge is 2.24. The number of para-hydroxylation sites is 2. The van der Waals surface area contributed by atoms with Gasteiger partial charge in [-0.15, -0.1) is 11.8 Å². The number of carbonyl (C=O) groups is 2. The highest BCUT2D eigenvalue weighted by Crippen LogP contribution is 2.30. The van der Waals surface area contributed by atoms with Crippen molar-refractivity contribution in [3.8, 4) is 0 Å². The van der Waals surface area contributed by atoms with Crippen molar-refractivity contribution >= 4 is 46.6 Å². The molecule has 0 bridgehead atoms. The van der Waals surface area contributed by atoms with E-state index in [9.17, 15) is 9.59 Å². The first-order chi connectivity index (χ1) is 11.6. The minimum atomic E-state index is -0.282. The summed E-state index contributed by atoms with van der Waals surface area (Å²) in [7, 11) is 0. The molecular formula is C18H17ClN2O2S. The quantitative estimate of drug-likeness (QED) is 0.820. The van der Waals surface area contributed by atoms with Gasteiger partial charge < -0.3 is 10.2 Å². The Hall–Kier alpha value is -1.98. The molecule has 0 radical (unpaired) electrons. The molecule has 0 unspecified atom stereocenters. The predicted molar refractivity (Wildman–Crippen MR) is 99.2 cm³/mol. The molecule has 2 aromatic carbocycles. The van der Waals surface area contributed by atoms with Crippen LogP contribution in [0.4, 0.5) is 11.4 Å². The largest absolute Gasteiger partial charge is 0.320 e. The number of benzene rings is 2. The first kappa shape index (κ1) is 16.9. The van der Waals surface area contributed by atoms with Crippen LogP contribution in [0.3, 0.4) is 0 Å². The number of amides is 2. The first-order valence-electron chi connectivity index (χ1n) is 7.64. The molecule has 3 rings (SSSR count). The van der Waals surface area contributed by atoms with E-state index in [1.54, 1.807) is 34.9 Å². The van der Waals surface area contributed by atoms with E-state index in [2.05, 4.69) is 5.32 Å². The molecule has 0 aromatic heterocycles. The molecule has 1 aliphatic rings. The van der Waals surface area contributed by atoms with E-state index in [0.29, 0.717) is 29.2 Å². The number of thioether (sulfide) groups is 1. The van der Waals surface area contributed by atoms with Crippen LogP contribution < -0.4 is 10.2 Å². The molecule has 6 heteroatoms. The molecule has 1 heterocycles. The summed E-state index contributed by atoms with van der Waals surface area (Å²) in [6.07, 6.45) is 3.33. The van der Waals surface area contributed by atoms with Crippen molar-refractivity contribution in [2.24, 2.45) is 0 Å². The van der Waals surface area contributed by atoms with Crippen molar-refractivity contribution in [1.29, 1.82) is 0 Å². The van der Waals surface area contributed by atoms with Gasteiger partial charge in [-0.05, 0) is 43.0 Å². The Labute approximate surface area is 150 Å². The SMILES string of the molecule is CSc1ccc(Cl)c(C(=O)Nc2ccccc2N2CCCC2=O)c1. The van der Waals surface area contributed by atoms with Gasteiger partial charge in [0.05, 0.1) is 22.0 Å². The van der Waals surface area contributed by atoms with Gasteiger partial charge in [0, 0.05) is 17.9 Å². The van der Waals surface area contributed by atoms with Crippen LogP contribution in [0.2, 0.25) is 5.02 Å². The van der Waals surface area contributed by atoms with Crippen LogP contribution in [-0.2, 0) is 4.79 Å². The number of halogens is 1. The van der Waals surface area contributed by atoms with Gasteiger partial charge in [-0.3, -0.25) is 9.59 Å². The van der Waals surface area contributed by atoms with Crippen molar-refractivity contribution < 1.29 is 9.59 Å². The van der Waals surface area contributed by atoms with E-state index in [0.717, 1.165) is 17.0 Å². The fraction of sp³-hybridized carbons (Fsp3) is 0.222. The minimum Gasteiger partial charge on any atom is -0.320 e. The summed E-state index contributed by atoms with van der Waals surface area (Å²) >= 11 is 7.72. The zero-order valence-electron chi connectivity index (χ0n) is 13.2. The lowest BCUT2D eigenvalue weighted by Crippen LogP contribution is -2.25. The topological polar surface area (TPSA) is 49.4 Å². The average molecular weight is 361 g/mol. The summed E-state index contributed by atoms with van der Waals surface area (Å²) in [5.41, 5.74) is 1.76. The van der Waals surface area contributed by atoms with E-state index in [1.165, 1.54) is 0 Å². The van der Waals surface area contributed by atoms with Crippen LogP contribution in [0.15, 0.2) is 47.4 Å². The van der Waals surface area contributed by atoms with Crippen LogP contribution in [0.25, 0.3) is 0 Å². The van der Waals surface area contributed by atoms with Gasteiger partial charge in [0.1, 0.15) is 0 Å². The highest BCUT2D eigenvalue weighted by atomic mass is 35.5. The summed E-state index contributed by atoms with van der Waals surface area (Å²) < 4.78 is 0. The Bertz CT molecular complexity index is 794. The molecule has 4 nitrogen and oxygen atoms in total. The van der Waals surface area contributed by atoms with Crippen LogP contribution >= 0.6 is 23.4 Å². The molecule has 0 atom stereocenters. The maximum Gasteiger partial charge on any atom is 0.257 e. The van der Waals surface area contributed by atoms with Crippen LogP contribution in [-0.4, -0.2) is 24.6 Å². The smallest absolute Gasteiger partial charge is 0.257 e. The summed E-state index contributed by atoms with van der Waals surface area (Å²) in [5, 5.41) is 3.29. The molecule has 0 aliphatic carbocycles. The fourth-order valence-electron chi connectivity index (χ4n) is 2.71. The molecule has 2 aromatic rings. The molecule has 1 aliphatic heterocycles. The van der Waals surface area contributed by atoms with Crippen molar-refractivity contribution in [1.82, 2.24) is 0 Å². The fourth-order valence-corrected chi connectivity index (χ4v) is 3.36. The molecule has 24 heavy (non-hydrogen) atoms. The van der Waals surface area contributed by atoms with Crippen molar-refractivity contribution in [2.45, 2.75) is 17.7 Å². The highest BCUT2D eigenvalue weighted by molar-refractivity contribution is 7.98. The predicted octanol–water partition coefficient (Wildman–Crippen LogP) is 4.44. The van der Waals surface area contributed by atoms with Crippen molar-refractivity contribution in [3.63, 3.8) is 0 Å². The second-order valence-corrected chi connectivity index (χ2v) is 6.75. The Morgan fingerprint density at radius 1 is 1.25 bits per heavy atom. The number of hydrogen-bond acceptors (Lipinski definition) is 3.